The van der Waals surface area contributed by atoms with Crippen molar-refractivity contribution in [2.45, 2.75) is 19.4 Å². The molecule has 0 saturated carbocycles. The van der Waals surface area contributed by atoms with Gasteiger partial charge in [-0.2, -0.15) is 0 Å². The Hall–Kier alpha value is -2.36. The van der Waals surface area contributed by atoms with Crippen LogP contribution in [0.1, 0.15) is 22.8 Å². The number of ether oxygens (including phenoxy) is 1. The SMILES string of the molecule is CC1Cc2cc(-c3ccc(F)c(C(=O)O)c3)ccc2O1. The summed E-state index contributed by atoms with van der Waals surface area (Å²) < 4.78 is 19.0. The molecule has 1 aliphatic heterocycles. The lowest BCUT2D eigenvalue weighted by Gasteiger charge is -2.06. The number of hydrogen-bond acceptors (Lipinski definition) is 2. The molecule has 0 aromatic heterocycles. The highest BCUT2D eigenvalue weighted by molar-refractivity contribution is 5.89. The van der Waals surface area contributed by atoms with Crippen LogP contribution in [0.15, 0.2) is 36.4 Å². The second-order valence-electron chi connectivity index (χ2n) is 4.95. The molecule has 0 aliphatic carbocycles. The number of rotatable bonds is 2. The molecule has 2 aromatic carbocycles. The van der Waals surface area contributed by atoms with E-state index in [2.05, 4.69) is 0 Å². The van der Waals surface area contributed by atoms with Crippen molar-refractivity contribution < 1.29 is 19.0 Å². The molecule has 1 atom stereocenters. The summed E-state index contributed by atoms with van der Waals surface area (Å²) in [5, 5.41) is 8.97. The van der Waals surface area contributed by atoms with E-state index in [9.17, 15) is 9.18 Å². The summed E-state index contributed by atoms with van der Waals surface area (Å²) in [5.74, 6) is -1.12. The highest BCUT2D eigenvalue weighted by atomic mass is 19.1. The summed E-state index contributed by atoms with van der Waals surface area (Å²) in [5.41, 5.74) is 2.33. The molecule has 4 heteroatoms. The molecule has 3 nitrogen and oxygen atoms in total. The first-order valence-electron chi connectivity index (χ1n) is 6.37. The van der Waals surface area contributed by atoms with Crippen LogP contribution < -0.4 is 4.74 Å². The van der Waals surface area contributed by atoms with Gasteiger partial charge in [0.05, 0.1) is 5.56 Å². The average Bonchev–Trinajstić information content (AvgIpc) is 2.78. The van der Waals surface area contributed by atoms with Crippen molar-refractivity contribution in [2.75, 3.05) is 0 Å². The number of carbonyl (C=O) groups is 1. The third kappa shape index (κ3) is 2.13. The number of fused-ring (bicyclic) bond motifs is 1. The van der Waals surface area contributed by atoms with Gasteiger partial charge in [0.15, 0.2) is 0 Å². The third-order valence-corrected chi connectivity index (χ3v) is 3.43. The van der Waals surface area contributed by atoms with Gasteiger partial charge < -0.3 is 9.84 Å². The number of carboxylic acid groups (broad SMARTS) is 1. The molecule has 1 aliphatic rings. The highest BCUT2D eigenvalue weighted by Gasteiger charge is 2.19. The molecule has 102 valence electrons. The molecule has 0 bridgehead atoms. The van der Waals surface area contributed by atoms with E-state index in [1.807, 2.05) is 25.1 Å². The van der Waals surface area contributed by atoms with Crippen LogP contribution in [0.25, 0.3) is 11.1 Å². The summed E-state index contributed by atoms with van der Waals surface area (Å²) in [6.07, 6.45) is 0.985. The van der Waals surface area contributed by atoms with Gasteiger partial charge in [0.2, 0.25) is 0 Å². The van der Waals surface area contributed by atoms with Gasteiger partial charge in [0, 0.05) is 6.42 Å². The van der Waals surface area contributed by atoms with Crippen LogP contribution in [0.3, 0.4) is 0 Å². The van der Waals surface area contributed by atoms with Crippen molar-refractivity contribution in [2.24, 2.45) is 0 Å². The normalized spacial score (nSPS) is 16.6. The highest BCUT2D eigenvalue weighted by Crippen LogP contribution is 2.33. The lowest BCUT2D eigenvalue weighted by molar-refractivity contribution is 0.0692. The van der Waals surface area contributed by atoms with Crippen LogP contribution in [0.5, 0.6) is 5.75 Å². The fourth-order valence-electron chi connectivity index (χ4n) is 2.47. The first kappa shape index (κ1) is 12.7. The molecule has 0 fully saturated rings. The fourth-order valence-corrected chi connectivity index (χ4v) is 2.47. The molecular weight excluding hydrogens is 259 g/mol. The Balaban J connectivity index is 2.04. The summed E-state index contributed by atoms with van der Waals surface area (Å²) in [6.45, 7) is 2.00. The van der Waals surface area contributed by atoms with Crippen molar-refractivity contribution in [3.8, 4) is 16.9 Å². The zero-order chi connectivity index (χ0) is 14.3. The molecule has 20 heavy (non-hydrogen) atoms. The Bertz CT molecular complexity index is 694. The first-order valence-corrected chi connectivity index (χ1v) is 6.37. The van der Waals surface area contributed by atoms with E-state index < -0.39 is 11.8 Å². The van der Waals surface area contributed by atoms with Gasteiger partial charge >= 0.3 is 5.97 Å². The van der Waals surface area contributed by atoms with Gasteiger partial charge in [0.1, 0.15) is 17.7 Å². The molecule has 0 radical (unpaired) electrons. The summed E-state index contributed by atoms with van der Waals surface area (Å²) in [7, 11) is 0. The smallest absolute Gasteiger partial charge is 0.338 e. The van der Waals surface area contributed by atoms with Crippen molar-refractivity contribution in [1.82, 2.24) is 0 Å². The van der Waals surface area contributed by atoms with Crippen LogP contribution in [0, 0.1) is 5.82 Å². The lowest BCUT2D eigenvalue weighted by atomic mass is 9.99. The number of carboxylic acids is 1. The minimum absolute atomic E-state index is 0.156. The minimum atomic E-state index is -1.26. The standard InChI is InChI=1S/C16H13FO3/c1-9-6-12-7-10(3-5-15(12)20-9)11-2-4-14(17)13(8-11)16(18)19/h2-5,7-9H,6H2,1H3,(H,18,19). The Morgan fingerprint density at radius 1 is 1.25 bits per heavy atom. The second kappa shape index (κ2) is 4.63. The maximum atomic E-state index is 13.4. The minimum Gasteiger partial charge on any atom is -0.490 e. The molecule has 0 saturated heterocycles. The first-order chi connectivity index (χ1) is 9.54. The monoisotopic (exact) mass is 272 g/mol. The largest absolute Gasteiger partial charge is 0.490 e. The second-order valence-corrected chi connectivity index (χ2v) is 4.95. The quantitative estimate of drug-likeness (QED) is 0.910. The maximum absolute atomic E-state index is 13.4. The van der Waals surface area contributed by atoms with Gasteiger partial charge in [-0.3, -0.25) is 0 Å². The summed E-state index contributed by atoms with van der Waals surface area (Å²) in [6, 6.07) is 9.83. The summed E-state index contributed by atoms with van der Waals surface area (Å²) in [4.78, 5) is 11.0. The van der Waals surface area contributed by atoms with E-state index in [4.69, 9.17) is 9.84 Å². The van der Waals surface area contributed by atoms with E-state index in [1.165, 1.54) is 12.1 Å². The van der Waals surface area contributed by atoms with E-state index >= 15 is 0 Å². The van der Waals surface area contributed by atoms with Crippen molar-refractivity contribution >= 4 is 5.97 Å². The summed E-state index contributed by atoms with van der Waals surface area (Å²) >= 11 is 0. The van der Waals surface area contributed by atoms with Crippen LogP contribution in [-0.2, 0) is 6.42 Å². The molecule has 1 unspecified atom stereocenters. The van der Waals surface area contributed by atoms with Gasteiger partial charge in [-0.05, 0) is 47.9 Å². The predicted octanol–water partition coefficient (Wildman–Crippen LogP) is 3.51. The zero-order valence-corrected chi connectivity index (χ0v) is 10.9. The number of hydrogen-bond donors (Lipinski definition) is 1. The van der Waals surface area contributed by atoms with Crippen molar-refractivity contribution in [3.63, 3.8) is 0 Å². The number of halogens is 1. The molecule has 1 N–H and O–H groups in total. The Morgan fingerprint density at radius 2 is 1.95 bits per heavy atom. The van der Waals surface area contributed by atoms with Crippen LogP contribution in [0.2, 0.25) is 0 Å². The van der Waals surface area contributed by atoms with E-state index in [-0.39, 0.29) is 11.7 Å². The number of aromatic carboxylic acids is 1. The lowest BCUT2D eigenvalue weighted by Crippen LogP contribution is -2.05. The molecule has 0 amide bonds. The fraction of sp³-hybridized carbons (Fsp3) is 0.188. The molecule has 2 aromatic rings. The maximum Gasteiger partial charge on any atom is 0.338 e. The van der Waals surface area contributed by atoms with Gasteiger partial charge in [-0.1, -0.05) is 12.1 Å². The molecular formula is C16H13FO3. The Labute approximate surface area is 115 Å². The third-order valence-electron chi connectivity index (χ3n) is 3.43. The van der Waals surface area contributed by atoms with Gasteiger partial charge in [-0.15, -0.1) is 0 Å². The van der Waals surface area contributed by atoms with Crippen molar-refractivity contribution in [3.05, 3.63) is 53.3 Å². The van der Waals surface area contributed by atoms with E-state index in [0.717, 1.165) is 23.3 Å². The van der Waals surface area contributed by atoms with Crippen LogP contribution in [0.4, 0.5) is 4.39 Å². The Morgan fingerprint density at radius 3 is 2.70 bits per heavy atom. The van der Waals surface area contributed by atoms with Crippen LogP contribution >= 0.6 is 0 Å². The van der Waals surface area contributed by atoms with Crippen molar-refractivity contribution in [1.29, 1.82) is 0 Å². The van der Waals surface area contributed by atoms with E-state index in [1.54, 1.807) is 6.07 Å². The molecule has 0 spiro atoms. The molecule has 1 heterocycles. The Kier molecular flexibility index (Phi) is 2.93. The molecule has 3 rings (SSSR count). The zero-order valence-electron chi connectivity index (χ0n) is 10.9. The van der Waals surface area contributed by atoms with Gasteiger partial charge in [0.25, 0.3) is 0 Å². The van der Waals surface area contributed by atoms with Crippen LogP contribution in [-0.4, -0.2) is 17.2 Å². The average molecular weight is 272 g/mol. The van der Waals surface area contributed by atoms with Gasteiger partial charge in [-0.25, -0.2) is 9.18 Å². The predicted molar refractivity (Wildman–Crippen MR) is 72.6 cm³/mol. The van der Waals surface area contributed by atoms with E-state index in [0.29, 0.717) is 5.56 Å². The number of benzene rings is 2. The topological polar surface area (TPSA) is 46.5 Å².